The Labute approximate surface area is 237 Å². The molecule has 0 radical (unpaired) electrons. The van der Waals surface area contributed by atoms with Crippen molar-refractivity contribution in [1.82, 2.24) is 14.9 Å². The predicted molar refractivity (Wildman–Crippen MR) is 157 cm³/mol. The van der Waals surface area contributed by atoms with E-state index in [0.29, 0.717) is 35.6 Å². The van der Waals surface area contributed by atoms with Gasteiger partial charge in [0.25, 0.3) is 11.8 Å². The number of nitrogens with one attached hydrogen (secondary N) is 1. The van der Waals surface area contributed by atoms with Crippen molar-refractivity contribution in [3.05, 3.63) is 131 Å². The number of rotatable bonds is 9. The SMILES string of the molecule is CCNC(=O)c1ccc(-c2ccc(N(Cc3cncn3Cc3ccc(C#N)cc3)C(=O)c3ccccc3)cc2)s1. The molecule has 0 aliphatic rings. The van der Waals surface area contributed by atoms with Crippen LogP contribution in [0.3, 0.4) is 0 Å². The van der Waals surface area contributed by atoms with E-state index in [2.05, 4.69) is 16.4 Å². The Morgan fingerprint density at radius 3 is 2.42 bits per heavy atom. The number of aromatic nitrogens is 2. The van der Waals surface area contributed by atoms with Crippen LogP contribution in [0, 0.1) is 11.3 Å². The van der Waals surface area contributed by atoms with Crippen LogP contribution in [0.1, 0.15) is 43.8 Å². The molecule has 0 aliphatic heterocycles. The number of hydrogen-bond donors (Lipinski definition) is 1. The fourth-order valence-electron chi connectivity index (χ4n) is 4.35. The van der Waals surface area contributed by atoms with Crippen molar-refractivity contribution in [2.45, 2.75) is 20.0 Å². The van der Waals surface area contributed by atoms with E-state index >= 15 is 0 Å². The molecule has 2 amide bonds. The van der Waals surface area contributed by atoms with Gasteiger partial charge in [0.1, 0.15) is 0 Å². The molecule has 0 atom stereocenters. The summed E-state index contributed by atoms with van der Waals surface area (Å²) < 4.78 is 2.01. The molecule has 40 heavy (non-hydrogen) atoms. The first-order valence-corrected chi connectivity index (χ1v) is 13.7. The monoisotopic (exact) mass is 545 g/mol. The Hall–Kier alpha value is -5.00. The molecule has 0 fully saturated rings. The number of benzene rings is 3. The van der Waals surface area contributed by atoms with Gasteiger partial charge in [-0.05, 0) is 66.6 Å². The fraction of sp³-hybridized carbons (Fsp3) is 0.125. The molecule has 0 aliphatic carbocycles. The van der Waals surface area contributed by atoms with Gasteiger partial charge in [0, 0.05) is 35.4 Å². The predicted octanol–water partition coefficient (Wildman–Crippen LogP) is 6.13. The number of hydrogen-bond acceptors (Lipinski definition) is 5. The van der Waals surface area contributed by atoms with Crippen LogP contribution in [0.2, 0.25) is 0 Å². The van der Waals surface area contributed by atoms with Gasteiger partial charge in [-0.15, -0.1) is 11.3 Å². The first-order valence-electron chi connectivity index (χ1n) is 12.9. The molecule has 3 aromatic carbocycles. The molecule has 0 saturated carbocycles. The van der Waals surface area contributed by atoms with Crippen LogP contribution in [-0.2, 0) is 13.1 Å². The Kier molecular flexibility index (Phi) is 8.14. The lowest BCUT2D eigenvalue weighted by molar-refractivity contribution is 0.0957. The van der Waals surface area contributed by atoms with Crippen LogP contribution >= 0.6 is 11.3 Å². The lowest BCUT2D eigenvalue weighted by Gasteiger charge is -2.24. The van der Waals surface area contributed by atoms with E-state index in [0.717, 1.165) is 27.4 Å². The Morgan fingerprint density at radius 2 is 1.73 bits per heavy atom. The Morgan fingerprint density at radius 1 is 0.975 bits per heavy atom. The minimum atomic E-state index is -0.117. The normalized spacial score (nSPS) is 10.6. The molecular formula is C32H27N5O2S. The van der Waals surface area contributed by atoms with Gasteiger partial charge in [0.2, 0.25) is 0 Å². The quantitative estimate of drug-likeness (QED) is 0.241. The average Bonchev–Trinajstić information content (AvgIpc) is 3.67. The molecule has 0 unspecified atom stereocenters. The van der Waals surface area contributed by atoms with Crippen molar-refractivity contribution in [2.24, 2.45) is 0 Å². The standard InChI is InChI=1S/C32H27N5O2S/c1-2-35-31(38)30-17-16-29(40-30)25-12-14-27(15-13-25)37(32(39)26-6-4-3-5-7-26)21-28-19-34-22-36(28)20-24-10-8-23(18-33)9-11-24/h3-17,19,22H,2,20-21H2,1H3,(H,35,38). The molecule has 0 saturated heterocycles. The minimum Gasteiger partial charge on any atom is -0.352 e. The lowest BCUT2D eigenvalue weighted by atomic mass is 10.1. The molecular weight excluding hydrogens is 518 g/mol. The molecule has 8 heteroatoms. The van der Waals surface area contributed by atoms with Crippen molar-refractivity contribution >= 4 is 28.8 Å². The summed E-state index contributed by atoms with van der Waals surface area (Å²) in [4.78, 5) is 33.7. The number of imidazole rings is 1. The molecule has 7 nitrogen and oxygen atoms in total. The molecule has 5 aromatic rings. The van der Waals surface area contributed by atoms with E-state index in [1.807, 2.05) is 90.4 Å². The summed E-state index contributed by atoms with van der Waals surface area (Å²) in [5.74, 6) is -0.193. The highest BCUT2D eigenvalue weighted by molar-refractivity contribution is 7.17. The molecule has 2 heterocycles. The third kappa shape index (κ3) is 6.01. The summed E-state index contributed by atoms with van der Waals surface area (Å²) in [5.41, 5.74) is 4.84. The minimum absolute atomic E-state index is 0.0763. The average molecular weight is 546 g/mol. The zero-order chi connectivity index (χ0) is 27.9. The first-order chi connectivity index (χ1) is 19.6. The van der Waals surface area contributed by atoms with Crippen LogP contribution in [0.5, 0.6) is 0 Å². The summed E-state index contributed by atoms with van der Waals surface area (Å²) in [6.45, 7) is 3.37. The Balaban J connectivity index is 1.42. The second kappa shape index (κ2) is 12.2. The van der Waals surface area contributed by atoms with Gasteiger partial charge in [-0.1, -0.05) is 42.5 Å². The van der Waals surface area contributed by atoms with Crippen LogP contribution in [0.25, 0.3) is 10.4 Å². The number of nitriles is 1. The zero-order valence-electron chi connectivity index (χ0n) is 21.9. The molecule has 0 bridgehead atoms. The van der Waals surface area contributed by atoms with Crippen LogP contribution < -0.4 is 10.2 Å². The topological polar surface area (TPSA) is 91.0 Å². The fourth-order valence-corrected chi connectivity index (χ4v) is 5.28. The van der Waals surface area contributed by atoms with E-state index < -0.39 is 0 Å². The van der Waals surface area contributed by atoms with Crippen molar-refractivity contribution in [3.63, 3.8) is 0 Å². The highest BCUT2D eigenvalue weighted by atomic mass is 32.1. The Bertz CT molecular complexity index is 1650. The van der Waals surface area contributed by atoms with Crippen molar-refractivity contribution < 1.29 is 9.59 Å². The van der Waals surface area contributed by atoms with Crippen molar-refractivity contribution in [2.75, 3.05) is 11.4 Å². The van der Waals surface area contributed by atoms with E-state index in [4.69, 9.17) is 5.26 Å². The highest BCUT2D eigenvalue weighted by Crippen LogP contribution is 2.30. The van der Waals surface area contributed by atoms with Gasteiger partial charge in [0.15, 0.2) is 0 Å². The van der Waals surface area contributed by atoms with E-state index in [9.17, 15) is 9.59 Å². The van der Waals surface area contributed by atoms with Gasteiger partial charge in [-0.2, -0.15) is 5.26 Å². The summed E-state index contributed by atoms with van der Waals surface area (Å²) in [6, 6.07) is 30.4. The number of anilines is 1. The number of nitrogens with zero attached hydrogens (tertiary/aromatic N) is 4. The second-order valence-corrected chi connectivity index (χ2v) is 10.2. The third-order valence-electron chi connectivity index (χ3n) is 6.45. The second-order valence-electron chi connectivity index (χ2n) is 9.15. The van der Waals surface area contributed by atoms with E-state index in [1.54, 1.807) is 29.6 Å². The maximum Gasteiger partial charge on any atom is 0.261 e. The third-order valence-corrected chi connectivity index (χ3v) is 7.58. The molecule has 1 N–H and O–H groups in total. The summed E-state index contributed by atoms with van der Waals surface area (Å²) in [5, 5.41) is 11.9. The largest absolute Gasteiger partial charge is 0.352 e. The maximum absolute atomic E-state index is 13.7. The van der Waals surface area contributed by atoms with Gasteiger partial charge in [-0.25, -0.2) is 4.98 Å². The van der Waals surface area contributed by atoms with E-state index in [-0.39, 0.29) is 11.8 Å². The molecule has 5 rings (SSSR count). The number of carbonyl (C=O) groups is 2. The van der Waals surface area contributed by atoms with Gasteiger partial charge < -0.3 is 14.8 Å². The maximum atomic E-state index is 13.7. The lowest BCUT2D eigenvalue weighted by Crippen LogP contribution is -2.31. The van der Waals surface area contributed by atoms with Crippen molar-refractivity contribution in [1.29, 1.82) is 5.26 Å². The zero-order valence-corrected chi connectivity index (χ0v) is 22.8. The molecule has 0 spiro atoms. The first kappa shape index (κ1) is 26.6. The number of carbonyl (C=O) groups excluding carboxylic acids is 2. The van der Waals surface area contributed by atoms with Crippen molar-refractivity contribution in [3.8, 4) is 16.5 Å². The smallest absolute Gasteiger partial charge is 0.261 e. The summed E-state index contributed by atoms with van der Waals surface area (Å²) in [7, 11) is 0. The van der Waals surface area contributed by atoms with Crippen LogP contribution in [0.4, 0.5) is 5.69 Å². The van der Waals surface area contributed by atoms with Gasteiger partial charge in [0.05, 0.1) is 35.1 Å². The van der Waals surface area contributed by atoms with Crippen LogP contribution in [-0.4, -0.2) is 27.9 Å². The highest BCUT2D eigenvalue weighted by Gasteiger charge is 2.20. The van der Waals surface area contributed by atoms with Crippen LogP contribution in [0.15, 0.2) is 104 Å². The molecule has 2 aromatic heterocycles. The molecule has 198 valence electrons. The number of thiophene rings is 1. The number of amides is 2. The van der Waals surface area contributed by atoms with Gasteiger partial charge >= 0.3 is 0 Å². The summed E-state index contributed by atoms with van der Waals surface area (Å²) >= 11 is 1.44. The van der Waals surface area contributed by atoms with Gasteiger partial charge in [-0.3, -0.25) is 9.59 Å². The van der Waals surface area contributed by atoms with E-state index in [1.165, 1.54) is 11.3 Å². The summed E-state index contributed by atoms with van der Waals surface area (Å²) in [6.07, 6.45) is 3.53.